The third-order valence-corrected chi connectivity index (χ3v) is 5.62. The molecule has 0 unspecified atom stereocenters. The Morgan fingerprint density at radius 3 is 2.56 bits per heavy atom. The molecule has 0 bridgehead atoms. The van der Waals surface area contributed by atoms with Crippen LogP contribution in [0.1, 0.15) is 31.1 Å². The van der Waals surface area contributed by atoms with Crippen molar-refractivity contribution in [3.63, 3.8) is 0 Å². The maximum Gasteiger partial charge on any atom is 0.338 e. The molecule has 9 nitrogen and oxygen atoms in total. The number of hydrogen-bond donors (Lipinski definition) is 2. The van der Waals surface area contributed by atoms with Gasteiger partial charge < -0.3 is 10.1 Å². The van der Waals surface area contributed by atoms with E-state index >= 15 is 0 Å². The molecule has 27 heavy (non-hydrogen) atoms. The zero-order valence-corrected chi connectivity index (χ0v) is 16.6. The molecule has 0 aliphatic carbocycles. The number of hydrogen-bond acceptors (Lipinski definition) is 6. The predicted octanol–water partition coefficient (Wildman–Crippen LogP) is 1.13. The Balaban J connectivity index is 2.13. The zero-order chi connectivity index (χ0) is 20.4. The van der Waals surface area contributed by atoms with Crippen molar-refractivity contribution in [3.05, 3.63) is 28.8 Å². The van der Waals surface area contributed by atoms with Crippen molar-refractivity contribution in [2.45, 2.75) is 31.2 Å². The van der Waals surface area contributed by atoms with Crippen LogP contribution in [0.3, 0.4) is 0 Å². The van der Waals surface area contributed by atoms with Crippen LogP contribution >= 0.6 is 11.6 Å². The second-order valence-electron chi connectivity index (χ2n) is 6.85. The van der Waals surface area contributed by atoms with E-state index in [4.69, 9.17) is 16.3 Å². The van der Waals surface area contributed by atoms with Gasteiger partial charge in [0, 0.05) is 18.6 Å². The van der Waals surface area contributed by atoms with Crippen LogP contribution in [0.25, 0.3) is 0 Å². The summed E-state index contributed by atoms with van der Waals surface area (Å²) in [7, 11) is -3.97. The Labute approximate surface area is 162 Å². The van der Waals surface area contributed by atoms with Gasteiger partial charge in [0.25, 0.3) is 5.91 Å². The molecule has 0 spiro atoms. The number of carbonyl (C=O) groups is 3. The van der Waals surface area contributed by atoms with Gasteiger partial charge in [0.2, 0.25) is 10.0 Å². The fourth-order valence-electron chi connectivity index (χ4n) is 2.29. The molecule has 0 saturated carbocycles. The van der Waals surface area contributed by atoms with Gasteiger partial charge in [-0.05, 0) is 39.0 Å². The lowest BCUT2D eigenvalue weighted by atomic mass is 10.1. The maximum absolute atomic E-state index is 12.5. The summed E-state index contributed by atoms with van der Waals surface area (Å²) in [6, 6.07) is 3.06. The van der Waals surface area contributed by atoms with Crippen molar-refractivity contribution in [3.8, 4) is 0 Å². The average molecular weight is 418 g/mol. The highest BCUT2D eigenvalue weighted by Gasteiger charge is 2.28. The first kappa shape index (κ1) is 21.1. The van der Waals surface area contributed by atoms with Crippen LogP contribution in [0, 0.1) is 0 Å². The molecule has 1 aliphatic rings. The van der Waals surface area contributed by atoms with E-state index in [9.17, 15) is 22.8 Å². The molecule has 2 rings (SSSR count). The van der Waals surface area contributed by atoms with Crippen LogP contribution in [-0.4, -0.2) is 56.5 Å². The van der Waals surface area contributed by atoms with Crippen molar-refractivity contribution in [1.82, 2.24) is 14.9 Å². The van der Waals surface area contributed by atoms with E-state index in [1.165, 1.54) is 12.1 Å². The number of urea groups is 1. The summed E-state index contributed by atoms with van der Waals surface area (Å²) in [5.41, 5.74) is -0.839. The maximum atomic E-state index is 12.5. The molecule has 148 valence electrons. The lowest BCUT2D eigenvalue weighted by molar-refractivity contribution is -0.130. The van der Waals surface area contributed by atoms with Gasteiger partial charge in [0.1, 0.15) is 4.90 Å². The highest BCUT2D eigenvalue weighted by molar-refractivity contribution is 7.89. The molecule has 0 aromatic heterocycles. The van der Waals surface area contributed by atoms with E-state index in [-0.39, 0.29) is 22.0 Å². The Hall–Kier alpha value is -2.17. The van der Waals surface area contributed by atoms with Crippen molar-refractivity contribution in [2.24, 2.45) is 0 Å². The molecular formula is C16H20ClN3O6S. The predicted molar refractivity (Wildman–Crippen MR) is 96.9 cm³/mol. The summed E-state index contributed by atoms with van der Waals surface area (Å²) in [6.07, 6.45) is 0. The quantitative estimate of drug-likeness (QED) is 0.692. The van der Waals surface area contributed by atoms with E-state index < -0.39 is 40.1 Å². The SMILES string of the molecule is CC(C)(C)NS(=O)(=O)c1cc(C(=O)OCC(=O)N2CCNC2=O)ccc1Cl. The molecule has 1 aromatic rings. The first-order valence-corrected chi connectivity index (χ1v) is 9.86. The van der Waals surface area contributed by atoms with Crippen molar-refractivity contribution in [2.75, 3.05) is 19.7 Å². The number of imide groups is 1. The van der Waals surface area contributed by atoms with Gasteiger partial charge in [-0.1, -0.05) is 11.6 Å². The Morgan fingerprint density at radius 2 is 2.00 bits per heavy atom. The largest absolute Gasteiger partial charge is 0.452 e. The number of nitrogens with one attached hydrogen (secondary N) is 2. The smallest absolute Gasteiger partial charge is 0.338 e. The summed E-state index contributed by atoms with van der Waals surface area (Å²) in [5.74, 6) is -1.58. The number of sulfonamides is 1. The standard InChI is InChI=1S/C16H20ClN3O6S/c1-16(2,3)19-27(24,25)12-8-10(4-5-11(12)17)14(22)26-9-13(21)20-7-6-18-15(20)23/h4-5,8,19H,6-7,9H2,1-3H3,(H,18,23). The Bertz CT molecular complexity index is 879. The highest BCUT2D eigenvalue weighted by Crippen LogP contribution is 2.24. The van der Waals surface area contributed by atoms with E-state index in [0.29, 0.717) is 6.54 Å². The summed E-state index contributed by atoms with van der Waals surface area (Å²) in [5, 5.41) is 2.39. The molecule has 2 N–H and O–H groups in total. The summed E-state index contributed by atoms with van der Waals surface area (Å²) in [6.45, 7) is 4.87. The topological polar surface area (TPSA) is 122 Å². The van der Waals surface area contributed by atoms with Gasteiger partial charge in [-0.15, -0.1) is 0 Å². The van der Waals surface area contributed by atoms with Crippen molar-refractivity contribution >= 4 is 39.5 Å². The van der Waals surface area contributed by atoms with Crippen molar-refractivity contribution < 1.29 is 27.5 Å². The number of ether oxygens (including phenoxy) is 1. The van der Waals surface area contributed by atoms with Crippen molar-refractivity contribution in [1.29, 1.82) is 0 Å². The molecule has 1 fully saturated rings. The molecule has 1 saturated heterocycles. The number of rotatable bonds is 5. The van der Waals surface area contributed by atoms with Crippen LogP contribution < -0.4 is 10.0 Å². The van der Waals surface area contributed by atoms with E-state index in [0.717, 1.165) is 11.0 Å². The molecule has 1 aromatic carbocycles. The first-order valence-electron chi connectivity index (χ1n) is 7.99. The van der Waals surface area contributed by atoms with E-state index in [1.807, 2.05) is 0 Å². The summed E-state index contributed by atoms with van der Waals surface area (Å²) in [4.78, 5) is 36.1. The normalized spacial score (nSPS) is 14.8. The lowest BCUT2D eigenvalue weighted by Gasteiger charge is -2.21. The monoisotopic (exact) mass is 417 g/mol. The van der Waals surface area contributed by atoms with E-state index in [1.54, 1.807) is 20.8 Å². The number of esters is 1. The minimum Gasteiger partial charge on any atom is -0.452 e. The van der Waals surface area contributed by atoms with Crippen LogP contribution in [0.2, 0.25) is 5.02 Å². The molecular weight excluding hydrogens is 398 g/mol. The van der Waals surface area contributed by atoms with Gasteiger partial charge in [-0.25, -0.2) is 22.7 Å². The summed E-state index contributed by atoms with van der Waals surface area (Å²) >= 11 is 5.97. The van der Waals surface area contributed by atoms with Gasteiger partial charge >= 0.3 is 12.0 Å². The summed E-state index contributed by atoms with van der Waals surface area (Å²) < 4.78 is 32.3. The van der Waals surface area contributed by atoms with Gasteiger partial charge in [0.05, 0.1) is 10.6 Å². The third-order valence-electron chi connectivity index (χ3n) is 3.38. The van der Waals surface area contributed by atoms with Crippen LogP contribution in [0.15, 0.2) is 23.1 Å². The molecule has 0 atom stereocenters. The first-order chi connectivity index (χ1) is 12.4. The number of nitrogens with zero attached hydrogens (tertiary/aromatic N) is 1. The number of halogens is 1. The number of benzene rings is 1. The van der Waals surface area contributed by atoms with Gasteiger partial charge in [-0.3, -0.25) is 9.69 Å². The molecule has 1 aliphatic heterocycles. The Morgan fingerprint density at radius 1 is 1.33 bits per heavy atom. The number of carbonyl (C=O) groups excluding carboxylic acids is 3. The third kappa shape index (κ3) is 5.41. The molecule has 3 amide bonds. The second-order valence-corrected chi connectivity index (χ2v) is 8.91. The number of amides is 3. The van der Waals surface area contributed by atoms with Crippen LogP contribution in [0.5, 0.6) is 0 Å². The molecule has 1 heterocycles. The Kier molecular flexibility index (Phi) is 6.13. The minimum absolute atomic E-state index is 0.0619. The lowest BCUT2D eigenvalue weighted by Crippen LogP contribution is -2.40. The average Bonchev–Trinajstić information content (AvgIpc) is 2.96. The molecule has 0 radical (unpaired) electrons. The second kappa shape index (κ2) is 7.83. The highest BCUT2D eigenvalue weighted by atomic mass is 35.5. The fraction of sp³-hybridized carbons (Fsp3) is 0.438. The van der Waals surface area contributed by atoms with Gasteiger partial charge in [0.15, 0.2) is 6.61 Å². The molecule has 11 heteroatoms. The van der Waals surface area contributed by atoms with Crippen LogP contribution in [-0.2, 0) is 19.6 Å². The minimum atomic E-state index is -3.97. The van der Waals surface area contributed by atoms with Gasteiger partial charge in [-0.2, -0.15) is 0 Å². The van der Waals surface area contributed by atoms with E-state index in [2.05, 4.69) is 10.0 Å². The fourth-order valence-corrected chi connectivity index (χ4v) is 4.24. The zero-order valence-electron chi connectivity index (χ0n) is 15.0. The van der Waals surface area contributed by atoms with Crippen LogP contribution in [0.4, 0.5) is 4.79 Å².